The minimum Gasteiger partial charge on any atom is -0.313 e. The lowest BCUT2D eigenvalue weighted by molar-refractivity contribution is 0.316. The molecular formula is C12H22N4O2S. The van der Waals surface area contributed by atoms with Gasteiger partial charge in [-0.1, -0.05) is 13.3 Å². The summed E-state index contributed by atoms with van der Waals surface area (Å²) in [5.74, 6) is 0.499. The maximum atomic E-state index is 12.2. The minimum absolute atomic E-state index is 0.190. The average molecular weight is 286 g/mol. The fourth-order valence-corrected chi connectivity index (χ4v) is 3.30. The molecule has 0 saturated heterocycles. The highest BCUT2D eigenvalue weighted by Gasteiger charge is 2.24. The van der Waals surface area contributed by atoms with Crippen molar-refractivity contribution in [2.75, 3.05) is 13.1 Å². The number of aromatic amines is 1. The molecule has 1 heterocycles. The normalized spacial score (nSPS) is 16.5. The summed E-state index contributed by atoms with van der Waals surface area (Å²) in [5, 5.41) is 9.81. The third-order valence-corrected chi connectivity index (χ3v) is 4.91. The predicted octanol–water partition coefficient (Wildman–Crippen LogP) is 0.988. The first-order valence-corrected chi connectivity index (χ1v) is 8.34. The first-order chi connectivity index (χ1) is 9.13. The van der Waals surface area contributed by atoms with Gasteiger partial charge in [-0.15, -0.1) is 0 Å². The molecule has 1 aliphatic rings. The van der Waals surface area contributed by atoms with Gasteiger partial charge >= 0.3 is 0 Å². The van der Waals surface area contributed by atoms with Gasteiger partial charge in [0.1, 0.15) is 0 Å². The predicted molar refractivity (Wildman–Crippen MR) is 73.1 cm³/mol. The highest BCUT2D eigenvalue weighted by Crippen LogP contribution is 2.25. The molecule has 7 heteroatoms. The monoisotopic (exact) mass is 286 g/mol. The lowest BCUT2D eigenvalue weighted by Crippen LogP contribution is -2.33. The summed E-state index contributed by atoms with van der Waals surface area (Å²) < 4.78 is 27.0. The van der Waals surface area contributed by atoms with Gasteiger partial charge in [0.25, 0.3) is 10.0 Å². The average Bonchev–Trinajstić information content (AvgIpc) is 2.76. The Morgan fingerprint density at radius 1 is 1.47 bits per heavy atom. The van der Waals surface area contributed by atoms with E-state index in [1.54, 1.807) is 6.20 Å². The highest BCUT2D eigenvalue weighted by atomic mass is 32.2. The number of hydrogen-bond donors (Lipinski definition) is 3. The second-order valence-corrected chi connectivity index (χ2v) is 6.75. The summed E-state index contributed by atoms with van der Waals surface area (Å²) >= 11 is 0. The Labute approximate surface area is 114 Å². The van der Waals surface area contributed by atoms with Crippen molar-refractivity contribution in [2.45, 2.75) is 44.2 Å². The van der Waals surface area contributed by atoms with Gasteiger partial charge in [0.05, 0.1) is 6.20 Å². The lowest BCUT2D eigenvalue weighted by atomic mass is 9.86. The van der Waals surface area contributed by atoms with Crippen LogP contribution in [-0.2, 0) is 16.6 Å². The Morgan fingerprint density at radius 3 is 2.89 bits per heavy atom. The van der Waals surface area contributed by atoms with Crippen LogP contribution in [0.25, 0.3) is 0 Å². The molecule has 1 aromatic rings. The molecule has 1 aliphatic carbocycles. The molecule has 0 radical (unpaired) electrons. The second-order valence-electron chi connectivity index (χ2n) is 5.05. The zero-order chi connectivity index (χ0) is 13.7. The highest BCUT2D eigenvalue weighted by molar-refractivity contribution is 7.89. The summed E-state index contributed by atoms with van der Waals surface area (Å²) in [7, 11) is -3.46. The van der Waals surface area contributed by atoms with Crippen LogP contribution in [0.3, 0.4) is 0 Å². The van der Waals surface area contributed by atoms with E-state index >= 15 is 0 Å². The number of sulfonamides is 1. The Kier molecular flexibility index (Phi) is 4.95. The van der Waals surface area contributed by atoms with Crippen molar-refractivity contribution in [2.24, 2.45) is 5.92 Å². The topological polar surface area (TPSA) is 86.9 Å². The van der Waals surface area contributed by atoms with Gasteiger partial charge in [0.15, 0.2) is 5.03 Å². The van der Waals surface area contributed by atoms with Crippen molar-refractivity contribution in [1.82, 2.24) is 20.2 Å². The van der Waals surface area contributed by atoms with Crippen LogP contribution in [-0.4, -0.2) is 31.7 Å². The third kappa shape index (κ3) is 3.77. The van der Waals surface area contributed by atoms with E-state index < -0.39 is 10.0 Å². The van der Waals surface area contributed by atoms with Crippen molar-refractivity contribution in [1.29, 1.82) is 0 Å². The molecule has 0 unspecified atom stereocenters. The molecule has 1 fully saturated rings. The van der Waals surface area contributed by atoms with E-state index in [1.165, 1.54) is 6.42 Å². The fraction of sp³-hybridized carbons (Fsp3) is 0.750. The van der Waals surface area contributed by atoms with E-state index in [4.69, 9.17) is 0 Å². The van der Waals surface area contributed by atoms with E-state index in [9.17, 15) is 8.42 Å². The van der Waals surface area contributed by atoms with Crippen molar-refractivity contribution in [3.8, 4) is 0 Å². The van der Waals surface area contributed by atoms with Gasteiger partial charge in [0, 0.05) is 18.7 Å². The van der Waals surface area contributed by atoms with Crippen LogP contribution in [0.5, 0.6) is 0 Å². The summed E-state index contributed by atoms with van der Waals surface area (Å²) in [6, 6.07) is 0. The van der Waals surface area contributed by atoms with Gasteiger partial charge < -0.3 is 5.32 Å². The first kappa shape index (κ1) is 14.5. The van der Waals surface area contributed by atoms with E-state index in [0.717, 1.165) is 25.8 Å². The molecular weight excluding hydrogens is 264 g/mol. The molecule has 1 saturated carbocycles. The van der Waals surface area contributed by atoms with Crippen LogP contribution in [0, 0.1) is 5.92 Å². The summed E-state index contributed by atoms with van der Waals surface area (Å²) in [4.78, 5) is 0. The molecule has 108 valence electrons. The fourth-order valence-electron chi connectivity index (χ4n) is 2.05. The maximum Gasteiger partial charge on any atom is 0.257 e. The molecule has 0 bridgehead atoms. The molecule has 0 aromatic carbocycles. The standard InChI is InChI=1S/C12H22N4O2S/c1-2-6-13-8-11-9-14-16-12(11)19(17,18)15-7-10-4-3-5-10/h9-10,13,15H,2-8H2,1H3,(H,14,16). The molecule has 1 aromatic heterocycles. The Morgan fingerprint density at radius 2 is 2.26 bits per heavy atom. The number of H-pyrrole nitrogens is 1. The van der Waals surface area contributed by atoms with Crippen LogP contribution >= 0.6 is 0 Å². The van der Waals surface area contributed by atoms with Gasteiger partial charge in [-0.3, -0.25) is 5.10 Å². The van der Waals surface area contributed by atoms with Gasteiger partial charge in [-0.2, -0.15) is 5.10 Å². The smallest absolute Gasteiger partial charge is 0.257 e. The minimum atomic E-state index is -3.46. The SMILES string of the molecule is CCCNCc1cn[nH]c1S(=O)(=O)NCC1CCC1. The number of nitrogens with zero attached hydrogens (tertiary/aromatic N) is 1. The largest absolute Gasteiger partial charge is 0.313 e. The number of aromatic nitrogens is 2. The molecule has 0 spiro atoms. The van der Waals surface area contributed by atoms with Gasteiger partial charge in [0.2, 0.25) is 0 Å². The van der Waals surface area contributed by atoms with Gasteiger partial charge in [-0.25, -0.2) is 13.1 Å². The third-order valence-electron chi connectivity index (χ3n) is 3.48. The molecule has 19 heavy (non-hydrogen) atoms. The van der Waals surface area contributed by atoms with Gasteiger partial charge in [-0.05, 0) is 31.7 Å². The summed E-state index contributed by atoms with van der Waals surface area (Å²) in [6.07, 6.45) is 6.04. The van der Waals surface area contributed by atoms with Crippen LogP contribution in [0.1, 0.15) is 38.2 Å². The van der Waals surface area contributed by atoms with Crippen molar-refractivity contribution < 1.29 is 8.42 Å². The van der Waals surface area contributed by atoms with Crippen LogP contribution < -0.4 is 10.0 Å². The lowest BCUT2D eigenvalue weighted by Gasteiger charge is -2.25. The Balaban J connectivity index is 1.96. The molecule has 0 amide bonds. The number of nitrogens with one attached hydrogen (secondary N) is 3. The summed E-state index contributed by atoms with van der Waals surface area (Å²) in [5.41, 5.74) is 0.689. The number of rotatable bonds is 8. The number of hydrogen-bond acceptors (Lipinski definition) is 4. The van der Waals surface area contributed by atoms with Crippen LogP contribution in [0.2, 0.25) is 0 Å². The van der Waals surface area contributed by atoms with Crippen molar-refractivity contribution in [3.05, 3.63) is 11.8 Å². The van der Waals surface area contributed by atoms with E-state index in [-0.39, 0.29) is 5.03 Å². The molecule has 3 N–H and O–H groups in total. The second kappa shape index (κ2) is 6.49. The zero-order valence-electron chi connectivity index (χ0n) is 11.3. The maximum absolute atomic E-state index is 12.2. The van der Waals surface area contributed by atoms with Crippen LogP contribution in [0.15, 0.2) is 11.2 Å². The van der Waals surface area contributed by atoms with E-state index in [1.807, 2.05) is 0 Å². The van der Waals surface area contributed by atoms with Crippen LogP contribution in [0.4, 0.5) is 0 Å². The van der Waals surface area contributed by atoms with E-state index in [0.29, 0.717) is 24.6 Å². The Hall–Kier alpha value is -0.920. The first-order valence-electron chi connectivity index (χ1n) is 6.86. The molecule has 0 aliphatic heterocycles. The quantitative estimate of drug-likeness (QED) is 0.622. The zero-order valence-corrected chi connectivity index (χ0v) is 12.1. The van der Waals surface area contributed by atoms with E-state index in [2.05, 4.69) is 27.2 Å². The Bertz CT molecular complexity index is 494. The van der Waals surface area contributed by atoms with Crippen molar-refractivity contribution in [3.63, 3.8) is 0 Å². The molecule has 6 nitrogen and oxygen atoms in total. The van der Waals surface area contributed by atoms with Crippen molar-refractivity contribution >= 4 is 10.0 Å². The summed E-state index contributed by atoms with van der Waals surface area (Å²) in [6.45, 7) is 3.98. The molecule has 0 atom stereocenters. The molecule has 2 rings (SSSR count).